The van der Waals surface area contributed by atoms with Gasteiger partial charge in [0.2, 0.25) is 11.9 Å². The van der Waals surface area contributed by atoms with Gasteiger partial charge in [-0.05, 0) is 6.42 Å². The van der Waals surface area contributed by atoms with Gasteiger partial charge in [0.05, 0.1) is 13.2 Å². The lowest BCUT2D eigenvalue weighted by Gasteiger charge is -2.14. The monoisotopic (exact) mass is 280 g/mol. The molecule has 7 nitrogen and oxygen atoms in total. The van der Waals surface area contributed by atoms with Crippen LogP contribution in [0.1, 0.15) is 24.4 Å². The summed E-state index contributed by atoms with van der Waals surface area (Å²) in [5.41, 5.74) is 0. The first-order valence-electron chi connectivity index (χ1n) is 5.90. The highest BCUT2D eigenvalue weighted by atomic mass is 32.1. The van der Waals surface area contributed by atoms with Gasteiger partial charge in [0.15, 0.2) is 0 Å². The molecule has 0 saturated heterocycles. The van der Waals surface area contributed by atoms with E-state index < -0.39 is 0 Å². The van der Waals surface area contributed by atoms with E-state index >= 15 is 0 Å². The Morgan fingerprint density at radius 1 is 1.32 bits per heavy atom. The van der Waals surface area contributed by atoms with E-state index in [1.54, 1.807) is 24.6 Å². The Balaban J connectivity index is 2.21. The van der Waals surface area contributed by atoms with Crippen LogP contribution in [0.25, 0.3) is 0 Å². The molecule has 0 amide bonds. The highest BCUT2D eigenvalue weighted by Crippen LogP contribution is 2.23. The average Bonchev–Trinajstić information content (AvgIpc) is 2.98. The van der Waals surface area contributed by atoms with Gasteiger partial charge in [0.1, 0.15) is 5.01 Å². The predicted octanol–water partition coefficient (Wildman–Crippen LogP) is 1.94. The summed E-state index contributed by atoms with van der Waals surface area (Å²) in [6.45, 7) is 2.08. The number of methoxy groups -OCH3 is 1. The molecule has 1 unspecified atom stereocenters. The van der Waals surface area contributed by atoms with Gasteiger partial charge in [-0.25, -0.2) is 4.98 Å². The number of nitrogens with zero attached hydrogens (tertiary/aromatic N) is 4. The minimum atomic E-state index is 0.0804. The molecule has 0 fully saturated rings. The second kappa shape index (κ2) is 6.28. The molecule has 2 N–H and O–H groups in total. The van der Waals surface area contributed by atoms with Crippen molar-refractivity contribution in [3.63, 3.8) is 0 Å². The normalized spacial score (nSPS) is 11.9. The van der Waals surface area contributed by atoms with Crippen molar-refractivity contribution in [2.24, 2.45) is 0 Å². The Labute approximate surface area is 115 Å². The summed E-state index contributed by atoms with van der Waals surface area (Å²) in [5, 5.41) is 9.08. The maximum absolute atomic E-state index is 5.05. The fourth-order valence-corrected chi connectivity index (χ4v) is 2.30. The van der Waals surface area contributed by atoms with Crippen molar-refractivity contribution in [3.05, 3.63) is 16.6 Å². The van der Waals surface area contributed by atoms with E-state index in [0.29, 0.717) is 11.9 Å². The molecule has 1 atom stereocenters. The molecule has 0 saturated carbocycles. The SMILES string of the molecule is CCC(Nc1nc(NC)nc(OC)n1)c1nccs1. The number of hydrogen-bond donors (Lipinski definition) is 2. The number of hydrogen-bond acceptors (Lipinski definition) is 8. The van der Waals surface area contributed by atoms with E-state index in [1.807, 2.05) is 5.38 Å². The minimum Gasteiger partial charge on any atom is -0.467 e. The van der Waals surface area contributed by atoms with Crippen molar-refractivity contribution in [3.8, 4) is 6.01 Å². The quantitative estimate of drug-likeness (QED) is 0.836. The Morgan fingerprint density at radius 2 is 2.11 bits per heavy atom. The second-order valence-electron chi connectivity index (χ2n) is 3.69. The molecule has 0 aromatic carbocycles. The molecule has 0 bridgehead atoms. The van der Waals surface area contributed by atoms with Crippen molar-refractivity contribution >= 4 is 23.2 Å². The molecular formula is C11H16N6OS. The van der Waals surface area contributed by atoms with E-state index in [-0.39, 0.29) is 12.1 Å². The van der Waals surface area contributed by atoms with E-state index in [0.717, 1.165) is 11.4 Å². The topological polar surface area (TPSA) is 84.9 Å². The maximum atomic E-state index is 5.05. The highest BCUT2D eigenvalue weighted by Gasteiger charge is 2.14. The lowest BCUT2D eigenvalue weighted by Crippen LogP contribution is -2.13. The third-order valence-electron chi connectivity index (χ3n) is 2.48. The summed E-state index contributed by atoms with van der Waals surface area (Å²) in [6, 6.07) is 0.354. The molecule has 2 rings (SSSR count). The number of rotatable bonds is 6. The van der Waals surface area contributed by atoms with Gasteiger partial charge in [-0.3, -0.25) is 0 Å². The Bertz CT molecular complexity index is 496. The summed E-state index contributed by atoms with van der Waals surface area (Å²) in [7, 11) is 3.27. The van der Waals surface area contributed by atoms with Crippen LogP contribution in [-0.4, -0.2) is 34.1 Å². The number of thiazole rings is 1. The molecule has 0 aliphatic rings. The van der Waals surface area contributed by atoms with Crippen LogP contribution >= 0.6 is 11.3 Å². The van der Waals surface area contributed by atoms with Gasteiger partial charge < -0.3 is 15.4 Å². The molecule has 0 radical (unpaired) electrons. The molecule has 0 spiro atoms. The van der Waals surface area contributed by atoms with Gasteiger partial charge >= 0.3 is 6.01 Å². The van der Waals surface area contributed by atoms with Gasteiger partial charge in [-0.1, -0.05) is 6.92 Å². The molecule has 2 aromatic rings. The number of ether oxygens (including phenoxy) is 1. The summed E-state index contributed by atoms with van der Waals surface area (Å²) in [5.74, 6) is 0.932. The van der Waals surface area contributed by atoms with Crippen molar-refractivity contribution in [1.82, 2.24) is 19.9 Å². The van der Waals surface area contributed by atoms with Crippen LogP contribution in [0.15, 0.2) is 11.6 Å². The Hall–Kier alpha value is -1.96. The molecule has 0 aliphatic carbocycles. The van der Waals surface area contributed by atoms with Gasteiger partial charge in [-0.2, -0.15) is 15.0 Å². The van der Waals surface area contributed by atoms with Crippen molar-refractivity contribution < 1.29 is 4.74 Å². The molecule has 19 heavy (non-hydrogen) atoms. The lowest BCUT2D eigenvalue weighted by atomic mass is 10.2. The fourth-order valence-electron chi connectivity index (χ4n) is 1.52. The van der Waals surface area contributed by atoms with Crippen LogP contribution in [0.5, 0.6) is 6.01 Å². The smallest absolute Gasteiger partial charge is 0.322 e. The van der Waals surface area contributed by atoms with Crippen molar-refractivity contribution in [2.45, 2.75) is 19.4 Å². The zero-order valence-electron chi connectivity index (χ0n) is 11.0. The van der Waals surface area contributed by atoms with E-state index in [4.69, 9.17) is 4.74 Å². The third kappa shape index (κ3) is 3.28. The maximum Gasteiger partial charge on any atom is 0.322 e. The number of aromatic nitrogens is 4. The van der Waals surface area contributed by atoms with Crippen molar-refractivity contribution in [1.29, 1.82) is 0 Å². The minimum absolute atomic E-state index is 0.0804. The standard InChI is InChI=1S/C11H16N6OS/c1-4-7(8-13-5-6-19-8)14-10-15-9(12-2)16-11(17-10)18-3/h5-7H,4H2,1-3H3,(H2,12,14,15,16,17). The predicted molar refractivity (Wildman–Crippen MR) is 74.7 cm³/mol. The van der Waals surface area contributed by atoms with Crippen molar-refractivity contribution in [2.75, 3.05) is 24.8 Å². The molecule has 2 heterocycles. The summed E-state index contributed by atoms with van der Waals surface area (Å²) >= 11 is 1.60. The Morgan fingerprint density at radius 3 is 2.68 bits per heavy atom. The van der Waals surface area contributed by atoms with Crippen LogP contribution < -0.4 is 15.4 Å². The fraction of sp³-hybridized carbons (Fsp3) is 0.455. The number of anilines is 2. The zero-order valence-corrected chi connectivity index (χ0v) is 11.9. The van der Waals surface area contributed by atoms with E-state index in [1.165, 1.54) is 7.11 Å². The summed E-state index contributed by atoms with van der Waals surface area (Å²) < 4.78 is 5.05. The van der Waals surface area contributed by atoms with Gasteiger partial charge in [0, 0.05) is 18.6 Å². The highest BCUT2D eigenvalue weighted by molar-refractivity contribution is 7.09. The molecular weight excluding hydrogens is 264 g/mol. The molecule has 102 valence electrons. The van der Waals surface area contributed by atoms with Crippen LogP contribution in [0.2, 0.25) is 0 Å². The Kier molecular flexibility index (Phi) is 4.45. The largest absolute Gasteiger partial charge is 0.467 e. The van der Waals surface area contributed by atoms with E-state index in [2.05, 4.69) is 37.5 Å². The van der Waals surface area contributed by atoms with Gasteiger partial charge in [0.25, 0.3) is 0 Å². The first kappa shape index (κ1) is 13.5. The van der Waals surface area contributed by atoms with Crippen LogP contribution in [0, 0.1) is 0 Å². The number of nitrogens with one attached hydrogen (secondary N) is 2. The molecule has 2 aromatic heterocycles. The first-order chi connectivity index (χ1) is 9.26. The van der Waals surface area contributed by atoms with Crippen LogP contribution in [-0.2, 0) is 0 Å². The van der Waals surface area contributed by atoms with Crippen LogP contribution in [0.4, 0.5) is 11.9 Å². The zero-order chi connectivity index (χ0) is 13.7. The van der Waals surface area contributed by atoms with E-state index in [9.17, 15) is 0 Å². The summed E-state index contributed by atoms with van der Waals surface area (Å²) in [6.07, 6.45) is 2.67. The van der Waals surface area contributed by atoms with Crippen LogP contribution in [0.3, 0.4) is 0 Å². The lowest BCUT2D eigenvalue weighted by molar-refractivity contribution is 0.379. The molecule has 8 heteroatoms. The molecule has 0 aliphatic heterocycles. The van der Waals surface area contributed by atoms with Gasteiger partial charge in [-0.15, -0.1) is 11.3 Å². The first-order valence-corrected chi connectivity index (χ1v) is 6.78. The summed E-state index contributed by atoms with van der Waals surface area (Å²) in [4.78, 5) is 16.8. The average molecular weight is 280 g/mol. The third-order valence-corrected chi connectivity index (χ3v) is 3.37. The second-order valence-corrected chi connectivity index (χ2v) is 4.62.